The molecule has 4 aliphatic carbocycles. The number of urea groups is 2. The van der Waals surface area contributed by atoms with Gasteiger partial charge in [-0.1, -0.05) is 95.2 Å². The number of carbonyl (C=O) groups excluding carboxylic acids is 8. The van der Waals surface area contributed by atoms with Gasteiger partial charge in [0.15, 0.2) is 17.5 Å². The van der Waals surface area contributed by atoms with Crippen LogP contribution in [0.1, 0.15) is 265 Å². The minimum atomic E-state index is -3.38. The minimum absolute atomic E-state index is 0.0322. The highest BCUT2D eigenvalue weighted by molar-refractivity contribution is 7.86. The van der Waals surface area contributed by atoms with Crippen LogP contribution in [0.4, 0.5) is 38.2 Å². The van der Waals surface area contributed by atoms with Crippen molar-refractivity contribution in [2.24, 2.45) is 10.8 Å². The Balaban J connectivity index is 0.000000146. The number of benzene rings is 4. The molecule has 16 rings (SSSR count). The van der Waals surface area contributed by atoms with Crippen LogP contribution in [0.3, 0.4) is 0 Å². The summed E-state index contributed by atoms with van der Waals surface area (Å²) in [5.74, 6) is 1.63. The molecule has 4 aliphatic heterocycles. The maximum Gasteiger partial charge on any atom is 0.319 e. The summed E-state index contributed by atoms with van der Waals surface area (Å²) in [4.78, 5) is 137. The summed E-state index contributed by atoms with van der Waals surface area (Å²) in [6.45, 7) is 21.5. The SMILES string of the molecule is C#Cc1cnc(C(=O)Nc2ccc(C3CC(=O)NC(=O)C3)cc2C2=CCC(C)(C)CC2)[nH]1.CN1CC(c2ccc(NC(=O)c3ncc(C#N)[nH]3)c(C3=CCCCCC3)c2)CN(C)C1=O.Cc1cnc(C(=O)Nc2ccc(C3CN(C)S(=O)(=O)N(C)C3)cc2C2=CCCCC2)[nH]1.[C-]#[N+]c1cnc(C(=O)Nc2ccc(C3CN(C)C(=O)N(C)C3)cc2C2=CCC(C)(C)CC2)[nH]1. The molecule has 0 unspecified atom stereocenters. The largest absolute Gasteiger partial charge is 0.363 e. The number of allylic oxidation sites excluding steroid dienone is 8. The number of piperidine rings is 1. The molecule has 8 aliphatic rings. The van der Waals surface area contributed by atoms with Crippen LogP contribution < -0.4 is 26.6 Å². The summed E-state index contributed by atoms with van der Waals surface area (Å²) in [5, 5.41) is 23.3. The monoisotopic (exact) mass is 1750 g/mol. The maximum absolute atomic E-state index is 12.8. The van der Waals surface area contributed by atoms with Gasteiger partial charge in [0, 0.05) is 175 Å². The summed E-state index contributed by atoms with van der Waals surface area (Å²) in [5.41, 5.74) is 18.0. The molecule has 9 N–H and O–H groups in total. The van der Waals surface area contributed by atoms with Crippen LogP contribution in [0.5, 0.6) is 0 Å². The van der Waals surface area contributed by atoms with Crippen molar-refractivity contribution in [1.29, 1.82) is 5.26 Å². The molecule has 0 radical (unpaired) electrons. The van der Waals surface area contributed by atoms with E-state index in [1.54, 1.807) is 39.9 Å². The Morgan fingerprint density at radius 3 is 1.20 bits per heavy atom. The molecule has 31 nitrogen and oxygen atoms in total. The summed E-state index contributed by atoms with van der Waals surface area (Å²) < 4.78 is 27.4. The number of likely N-dealkylation sites (N-methyl/N-ethyl adjacent to an activating group) is 6. The van der Waals surface area contributed by atoms with Gasteiger partial charge in [-0.2, -0.15) is 22.3 Å². The highest BCUT2D eigenvalue weighted by Crippen LogP contribution is 2.45. The van der Waals surface area contributed by atoms with Crippen molar-refractivity contribution < 1.29 is 46.8 Å². The topological polar surface area (TPSA) is 393 Å². The zero-order valence-corrected chi connectivity index (χ0v) is 75.4. The Morgan fingerprint density at radius 2 is 0.836 bits per heavy atom. The van der Waals surface area contributed by atoms with Gasteiger partial charge in [-0.25, -0.2) is 29.5 Å². The standard InChI is InChI=1S/C25H30N6O2.C25H26N4O3.C24H28N6O2.C22H29N5O3S/c1-25(2)10-8-16(9-11-25)19-12-17(18-14-30(4)24(33)31(5)15-18)6-7-20(19)28-23(32)22-27-13-21(26-3)29-22;1-4-18-14-26-23(27-18)24(32)28-20-6-5-16(17-12-21(30)29-22(31)13-17)11-19(20)15-7-9-25(2,3)10-8-15;1-29-14-18(15-30(2)24(29)32)17-9-10-21(20(11-17)16-7-5-3-4-6-8-16)28-23(31)22-26-13-19(12-25)27-22;1-15-12-23-21(24-15)22(28)25-20-10-9-17(11-19(20)16-7-5-4-6-8-16)18-13-26(2)31(29,30)27(3)14-18/h6-8,12-13,18H,9-11,14-15H2,1-2,4-5H3,(H,27,29)(H,28,32);1,5-7,11,14,17H,8-10,12-13H2,2-3H3,(H,26,27)(H,28,32)(H,29,30,31);7,9-11,13,18H,3-6,8,14-15H2,1-2H3,(H,26,27)(H,28,31);7,9-12,18H,4-6,8,13-14H2,1-3H3,(H,23,24)(H,25,28). The van der Waals surface area contributed by atoms with Gasteiger partial charge in [0.05, 0.1) is 18.6 Å². The number of nitrogens with one attached hydrogen (secondary N) is 9. The Labute approximate surface area is 747 Å². The molecular weight excluding hydrogens is 1640 g/mol. The van der Waals surface area contributed by atoms with E-state index in [-0.39, 0.29) is 130 Å². The number of aryl methyl sites for hydroxylation is 1. The Kier molecular flexibility index (Phi) is 28.9. The van der Waals surface area contributed by atoms with Crippen molar-refractivity contribution in [2.45, 2.75) is 167 Å². The molecule has 4 saturated heterocycles. The van der Waals surface area contributed by atoms with Gasteiger partial charge in [0.25, 0.3) is 33.8 Å². The number of hydrogen-bond donors (Lipinski definition) is 9. The average Bonchev–Trinajstić information content (AvgIpc) is 0.918. The fourth-order valence-electron chi connectivity index (χ4n) is 17.6. The molecule has 32 heteroatoms. The molecule has 4 aromatic carbocycles. The van der Waals surface area contributed by atoms with Crippen LogP contribution in [0.15, 0.2) is 122 Å². The quantitative estimate of drug-likeness (QED) is 0.0247. The second kappa shape index (κ2) is 40.1. The molecule has 128 heavy (non-hydrogen) atoms. The van der Waals surface area contributed by atoms with Gasteiger partial charge >= 0.3 is 18.0 Å². The third kappa shape index (κ3) is 22.5. The first-order chi connectivity index (χ1) is 61.1. The van der Waals surface area contributed by atoms with Gasteiger partial charge in [-0.15, -0.1) is 6.42 Å². The molecule has 0 bridgehead atoms. The number of nitrogens with zero attached hydrogens (tertiary/aromatic N) is 12. The molecule has 8 aromatic rings. The number of anilines is 4. The average molecular weight is 1750 g/mol. The lowest BCUT2D eigenvalue weighted by Gasteiger charge is -2.37. The van der Waals surface area contributed by atoms with Crippen LogP contribution in [0.25, 0.3) is 27.1 Å². The second-order valence-electron chi connectivity index (χ2n) is 36.0. The Bertz CT molecular complexity index is 5910. The smallest absolute Gasteiger partial charge is 0.319 e. The van der Waals surface area contributed by atoms with E-state index in [9.17, 15) is 46.8 Å². The van der Waals surface area contributed by atoms with Gasteiger partial charge < -0.3 is 60.7 Å². The van der Waals surface area contributed by atoms with E-state index >= 15 is 0 Å². The highest BCUT2D eigenvalue weighted by Gasteiger charge is 2.37. The summed E-state index contributed by atoms with van der Waals surface area (Å²) in [7, 11) is 7.16. The number of carbonyl (C=O) groups is 8. The van der Waals surface area contributed by atoms with Crippen LogP contribution in [-0.2, 0) is 19.8 Å². The number of terminal acetylenes is 1. The van der Waals surface area contributed by atoms with E-state index in [0.717, 1.165) is 150 Å². The van der Waals surface area contributed by atoms with E-state index in [2.05, 4.69) is 147 Å². The van der Waals surface area contributed by atoms with Crippen molar-refractivity contribution >= 4 is 109 Å². The number of nitriles is 1. The predicted octanol–water partition coefficient (Wildman–Crippen LogP) is 15.7. The number of hydrogen-bond acceptors (Lipinski definition) is 15. The third-order valence-corrected chi connectivity index (χ3v) is 26.9. The molecule has 0 saturated carbocycles. The van der Waals surface area contributed by atoms with E-state index in [1.807, 2.05) is 95.8 Å². The lowest BCUT2D eigenvalue weighted by atomic mass is 9.76. The van der Waals surface area contributed by atoms with E-state index in [0.29, 0.717) is 50.6 Å². The molecule has 8 heterocycles. The lowest BCUT2D eigenvalue weighted by Crippen LogP contribution is -2.49. The summed E-state index contributed by atoms with van der Waals surface area (Å²) in [6, 6.07) is 26.0. The van der Waals surface area contributed by atoms with Crippen LogP contribution in [0, 0.1) is 48.0 Å². The number of rotatable bonds is 16. The van der Waals surface area contributed by atoms with E-state index in [4.69, 9.17) is 18.3 Å². The molecule has 10 amide bonds. The van der Waals surface area contributed by atoms with Crippen LogP contribution >= 0.6 is 0 Å². The molecule has 4 aromatic heterocycles. The maximum atomic E-state index is 12.8. The fraction of sp³-hybridized carbons (Fsp3) is 0.417. The van der Waals surface area contributed by atoms with Crippen molar-refractivity contribution in [1.82, 2.24) is 73.4 Å². The zero-order chi connectivity index (χ0) is 91.5. The van der Waals surface area contributed by atoms with Crippen molar-refractivity contribution in [3.63, 3.8) is 0 Å². The molecule has 0 spiro atoms. The number of H-pyrrole nitrogens is 4. The first-order valence-corrected chi connectivity index (χ1v) is 44.9. The Hall–Kier alpha value is -13.4. The fourth-order valence-corrected chi connectivity index (χ4v) is 18.8. The number of aromatic nitrogens is 8. The van der Waals surface area contributed by atoms with Crippen molar-refractivity contribution in [3.8, 4) is 18.4 Å². The van der Waals surface area contributed by atoms with Gasteiger partial charge in [-0.05, 0) is 201 Å². The second-order valence-corrected chi connectivity index (χ2v) is 38.2. The van der Waals surface area contributed by atoms with Crippen molar-refractivity contribution in [3.05, 3.63) is 218 Å². The zero-order valence-electron chi connectivity index (χ0n) is 74.6. The van der Waals surface area contributed by atoms with E-state index in [1.165, 1.54) is 63.2 Å². The third-order valence-electron chi connectivity index (χ3n) is 25.1. The normalized spacial score (nSPS) is 18.8. The van der Waals surface area contributed by atoms with E-state index < -0.39 is 10.2 Å². The first-order valence-electron chi connectivity index (χ1n) is 43.5. The first kappa shape index (κ1) is 92.3. The van der Waals surface area contributed by atoms with Crippen LogP contribution in [-0.4, -0.2) is 206 Å². The molecule has 0 atom stereocenters. The van der Waals surface area contributed by atoms with Gasteiger partial charge in [0.2, 0.25) is 17.6 Å². The number of aromatic amines is 4. The van der Waals surface area contributed by atoms with Crippen molar-refractivity contribution in [2.75, 3.05) is 103 Å². The minimum Gasteiger partial charge on any atom is -0.363 e. The predicted molar refractivity (Wildman–Crippen MR) is 493 cm³/mol. The van der Waals surface area contributed by atoms with Gasteiger partial charge in [-0.3, -0.25) is 39.1 Å². The Morgan fingerprint density at radius 1 is 0.477 bits per heavy atom. The number of imide groups is 1. The highest BCUT2D eigenvalue weighted by atomic mass is 32.2. The molecular formula is C96H113N21O10S. The number of amides is 10. The molecule has 668 valence electrons. The van der Waals surface area contributed by atoms with Crippen LogP contribution in [0.2, 0.25) is 0 Å². The summed E-state index contributed by atoms with van der Waals surface area (Å²) >= 11 is 0. The summed E-state index contributed by atoms with van der Waals surface area (Å²) in [6.07, 6.45) is 36.3. The molecule has 4 fully saturated rings. The lowest BCUT2D eigenvalue weighted by molar-refractivity contribution is -0.133. The number of imidazole rings is 4. The van der Waals surface area contributed by atoms with Gasteiger partial charge in [0.1, 0.15) is 17.5 Å².